The minimum Gasteiger partial charge on any atom is -0.467 e. The first kappa shape index (κ1) is 15.1. The molecule has 0 aliphatic heterocycles. The zero-order valence-electron chi connectivity index (χ0n) is 11.8. The van der Waals surface area contributed by atoms with Gasteiger partial charge in [0.2, 0.25) is 0 Å². The van der Waals surface area contributed by atoms with Crippen molar-refractivity contribution in [3.8, 4) is 0 Å². The van der Waals surface area contributed by atoms with Crippen molar-refractivity contribution >= 4 is 28.9 Å². The average Bonchev–Trinajstić information content (AvgIpc) is 2.84. The molecule has 6 heteroatoms. The van der Waals surface area contributed by atoms with E-state index in [-0.39, 0.29) is 5.91 Å². The number of rotatable bonds is 4. The Morgan fingerprint density at radius 2 is 1.95 bits per heavy atom. The molecule has 3 N–H and O–H groups in total. The number of esters is 1. The molecule has 110 valence electrons. The number of benzene rings is 1. The van der Waals surface area contributed by atoms with E-state index in [0.717, 1.165) is 4.88 Å². The van der Waals surface area contributed by atoms with E-state index in [9.17, 15) is 9.59 Å². The van der Waals surface area contributed by atoms with E-state index in [2.05, 4.69) is 5.32 Å². The van der Waals surface area contributed by atoms with Crippen LogP contribution in [0.2, 0.25) is 0 Å². The fraction of sp³-hybridized carbons (Fsp3) is 0.200. The summed E-state index contributed by atoms with van der Waals surface area (Å²) in [6.07, 6.45) is 0. The molecule has 21 heavy (non-hydrogen) atoms. The first-order valence-corrected chi connectivity index (χ1v) is 7.14. The molecule has 0 aliphatic carbocycles. The van der Waals surface area contributed by atoms with Gasteiger partial charge in [0.05, 0.1) is 12.0 Å². The molecule has 5 nitrogen and oxygen atoms in total. The fourth-order valence-corrected chi connectivity index (χ4v) is 2.70. The third kappa shape index (κ3) is 3.41. The molecule has 2 rings (SSSR count). The molecule has 2 aromatic rings. The predicted octanol–water partition coefficient (Wildman–Crippen LogP) is 2.28. The monoisotopic (exact) mass is 304 g/mol. The minimum absolute atomic E-state index is 0.348. The van der Waals surface area contributed by atoms with Crippen LogP contribution in [0.4, 0.5) is 5.69 Å². The summed E-state index contributed by atoms with van der Waals surface area (Å²) in [5, 5.41) is 2.68. The van der Waals surface area contributed by atoms with Crippen molar-refractivity contribution in [3.63, 3.8) is 0 Å². The van der Waals surface area contributed by atoms with Gasteiger partial charge in [-0.05, 0) is 18.6 Å². The maximum Gasteiger partial charge on any atom is 0.333 e. The van der Waals surface area contributed by atoms with Gasteiger partial charge in [-0.25, -0.2) is 4.79 Å². The summed E-state index contributed by atoms with van der Waals surface area (Å²) in [6.45, 7) is 1.84. The SMILES string of the molecule is COC(=O)C(NC(=O)c1cc(N)c(C)s1)c1ccccc1. The predicted molar refractivity (Wildman–Crippen MR) is 82.1 cm³/mol. The van der Waals surface area contributed by atoms with Crippen LogP contribution in [0.3, 0.4) is 0 Å². The summed E-state index contributed by atoms with van der Waals surface area (Å²) in [6, 6.07) is 9.71. The molecule has 1 heterocycles. The highest BCUT2D eigenvalue weighted by Gasteiger charge is 2.24. The number of hydrogen-bond donors (Lipinski definition) is 2. The maximum absolute atomic E-state index is 12.3. The number of ether oxygens (including phenoxy) is 1. The Morgan fingerprint density at radius 3 is 2.48 bits per heavy atom. The topological polar surface area (TPSA) is 81.4 Å². The van der Waals surface area contributed by atoms with Crippen LogP contribution in [-0.4, -0.2) is 19.0 Å². The molecule has 0 aliphatic rings. The Morgan fingerprint density at radius 1 is 1.29 bits per heavy atom. The van der Waals surface area contributed by atoms with Gasteiger partial charge in [0.1, 0.15) is 0 Å². The second kappa shape index (κ2) is 6.41. The summed E-state index contributed by atoms with van der Waals surface area (Å²) in [5.41, 5.74) is 6.98. The molecule has 1 atom stereocenters. The van der Waals surface area contributed by atoms with Crippen molar-refractivity contribution in [3.05, 3.63) is 51.7 Å². The van der Waals surface area contributed by atoms with Crippen molar-refractivity contribution < 1.29 is 14.3 Å². The van der Waals surface area contributed by atoms with Gasteiger partial charge in [0.25, 0.3) is 5.91 Å². The van der Waals surface area contributed by atoms with Gasteiger partial charge in [0.15, 0.2) is 6.04 Å². The van der Waals surface area contributed by atoms with Gasteiger partial charge < -0.3 is 15.8 Å². The average molecular weight is 304 g/mol. The summed E-state index contributed by atoms with van der Waals surface area (Å²) in [4.78, 5) is 25.5. The number of thiophene rings is 1. The van der Waals surface area contributed by atoms with Crippen LogP contribution in [0, 0.1) is 6.92 Å². The number of carbonyl (C=O) groups excluding carboxylic acids is 2. The van der Waals surface area contributed by atoms with Gasteiger partial charge >= 0.3 is 5.97 Å². The molecule has 0 saturated carbocycles. The van der Waals surface area contributed by atoms with Crippen molar-refractivity contribution in [1.29, 1.82) is 0 Å². The smallest absolute Gasteiger partial charge is 0.333 e. The number of amides is 1. The summed E-state index contributed by atoms with van der Waals surface area (Å²) in [5.74, 6) is -0.866. The molecule has 0 saturated heterocycles. The van der Waals surface area contributed by atoms with Crippen LogP contribution in [0.1, 0.15) is 26.2 Å². The first-order chi connectivity index (χ1) is 10.0. The lowest BCUT2D eigenvalue weighted by atomic mass is 10.1. The number of methoxy groups -OCH3 is 1. The molecule has 1 amide bonds. The highest BCUT2D eigenvalue weighted by Crippen LogP contribution is 2.24. The quantitative estimate of drug-likeness (QED) is 0.849. The van der Waals surface area contributed by atoms with Crippen LogP contribution in [0.5, 0.6) is 0 Å². The number of nitrogen functional groups attached to an aromatic ring is 1. The molecule has 0 fully saturated rings. The summed E-state index contributed by atoms with van der Waals surface area (Å²) >= 11 is 1.29. The lowest BCUT2D eigenvalue weighted by Gasteiger charge is -2.16. The number of carbonyl (C=O) groups is 2. The number of nitrogens with one attached hydrogen (secondary N) is 1. The molecule has 0 spiro atoms. The standard InChI is InChI=1S/C15H16N2O3S/c1-9-11(16)8-12(21-9)14(18)17-13(15(19)20-2)10-6-4-3-5-7-10/h3-8,13H,16H2,1-2H3,(H,17,18). The van der Waals surface area contributed by atoms with Gasteiger partial charge in [-0.3, -0.25) is 4.79 Å². The van der Waals surface area contributed by atoms with Crippen LogP contribution < -0.4 is 11.1 Å². The highest BCUT2D eigenvalue weighted by molar-refractivity contribution is 7.14. The maximum atomic E-state index is 12.3. The van der Waals surface area contributed by atoms with Gasteiger partial charge in [0, 0.05) is 10.6 Å². The molecule has 1 aromatic carbocycles. The van der Waals surface area contributed by atoms with Crippen molar-refractivity contribution in [1.82, 2.24) is 5.32 Å². The van der Waals surface area contributed by atoms with Crippen molar-refractivity contribution in [2.45, 2.75) is 13.0 Å². The van der Waals surface area contributed by atoms with E-state index in [1.54, 1.807) is 30.3 Å². The third-order valence-corrected chi connectivity index (χ3v) is 4.09. The van der Waals surface area contributed by atoms with Crippen molar-refractivity contribution in [2.75, 3.05) is 12.8 Å². The second-order valence-electron chi connectivity index (χ2n) is 4.46. The zero-order chi connectivity index (χ0) is 15.4. The van der Waals surface area contributed by atoms with E-state index < -0.39 is 12.0 Å². The molecule has 1 aromatic heterocycles. The number of anilines is 1. The second-order valence-corrected chi connectivity index (χ2v) is 5.72. The van der Waals surface area contributed by atoms with Crippen LogP contribution in [0.15, 0.2) is 36.4 Å². The Labute approximate surface area is 126 Å². The Bertz CT molecular complexity index is 633. The van der Waals surface area contributed by atoms with E-state index >= 15 is 0 Å². The molecule has 1 unspecified atom stereocenters. The van der Waals surface area contributed by atoms with Crippen LogP contribution in [0.25, 0.3) is 0 Å². The van der Waals surface area contributed by atoms with E-state index in [1.165, 1.54) is 18.4 Å². The third-order valence-electron chi connectivity index (χ3n) is 3.03. The largest absolute Gasteiger partial charge is 0.467 e. The van der Waals surface area contributed by atoms with Crippen LogP contribution >= 0.6 is 11.3 Å². The lowest BCUT2D eigenvalue weighted by molar-refractivity contribution is -0.143. The Kier molecular flexibility index (Phi) is 4.59. The molecular weight excluding hydrogens is 288 g/mol. The molecular formula is C15H16N2O3S. The van der Waals surface area contributed by atoms with E-state index in [4.69, 9.17) is 10.5 Å². The normalized spacial score (nSPS) is 11.7. The minimum atomic E-state index is -0.840. The Hall–Kier alpha value is -2.34. The molecule has 0 bridgehead atoms. The zero-order valence-corrected chi connectivity index (χ0v) is 12.6. The number of aryl methyl sites for hydroxylation is 1. The fourth-order valence-electron chi connectivity index (χ4n) is 1.85. The number of nitrogens with two attached hydrogens (primary N) is 1. The number of hydrogen-bond acceptors (Lipinski definition) is 5. The van der Waals surface area contributed by atoms with Gasteiger partial charge in [-0.1, -0.05) is 30.3 Å². The highest BCUT2D eigenvalue weighted by atomic mass is 32.1. The van der Waals surface area contributed by atoms with Gasteiger partial charge in [-0.2, -0.15) is 0 Å². The van der Waals surface area contributed by atoms with E-state index in [1.807, 2.05) is 13.0 Å². The van der Waals surface area contributed by atoms with E-state index in [0.29, 0.717) is 16.1 Å². The lowest BCUT2D eigenvalue weighted by Crippen LogP contribution is -2.34. The van der Waals surface area contributed by atoms with Crippen molar-refractivity contribution in [2.24, 2.45) is 0 Å². The van der Waals surface area contributed by atoms with Crippen LogP contribution in [-0.2, 0) is 9.53 Å². The molecule has 0 radical (unpaired) electrons. The Balaban J connectivity index is 2.23. The summed E-state index contributed by atoms with van der Waals surface area (Å²) < 4.78 is 4.76. The van der Waals surface area contributed by atoms with Gasteiger partial charge in [-0.15, -0.1) is 11.3 Å². The first-order valence-electron chi connectivity index (χ1n) is 6.32. The summed E-state index contributed by atoms with van der Waals surface area (Å²) in [7, 11) is 1.29.